The number of rotatable bonds is 8. The van der Waals surface area contributed by atoms with Crippen molar-refractivity contribution in [2.75, 3.05) is 13.7 Å². The molecular formula is C26H45NO3. The van der Waals surface area contributed by atoms with Crippen LogP contribution in [0.25, 0.3) is 0 Å². The van der Waals surface area contributed by atoms with Gasteiger partial charge in [-0.05, 0) is 81.5 Å². The molecule has 30 heavy (non-hydrogen) atoms. The molecule has 4 nitrogen and oxygen atoms in total. The summed E-state index contributed by atoms with van der Waals surface area (Å²) >= 11 is 0. The van der Waals surface area contributed by atoms with Crippen molar-refractivity contribution in [3.63, 3.8) is 0 Å². The van der Waals surface area contributed by atoms with Gasteiger partial charge in [-0.15, -0.1) is 0 Å². The summed E-state index contributed by atoms with van der Waals surface area (Å²) in [5, 5.41) is 9.15. The van der Waals surface area contributed by atoms with Crippen LogP contribution in [0.1, 0.15) is 103 Å². The summed E-state index contributed by atoms with van der Waals surface area (Å²) in [5.74, 6) is 2.68. The summed E-state index contributed by atoms with van der Waals surface area (Å²) in [6.07, 6.45) is 20.8. The third kappa shape index (κ3) is 5.59. The van der Waals surface area contributed by atoms with E-state index in [1.165, 1.54) is 96.4 Å². The molecule has 4 aliphatic rings. The van der Waals surface area contributed by atoms with E-state index in [9.17, 15) is 4.79 Å². The van der Waals surface area contributed by atoms with Crippen molar-refractivity contribution in [2.24, 2.45) is 23.7 Å². The van der Waals surface area contributed by atoms with Crippen LogP contribution in [0.4, 0.5) is 0 Å². The topological polar surface area (TPSA) is 49.8 Å². The molecule has 1 N–H and O–H groups in total. The van der Waals surface area contributed by atoms with Gasteiger partial charge in [-0.2, -0.15) is 0 Å². The zero-order valence-corrected chi connectivity index (χ0v) is 19.3. The van der Waals surface area contributed by atoms with Crippen molar-refractivity contribution in [3.8, 4) is 0 Å². The highest BCUT2D eigenvalue weighted by atomic mass is 16.5. The van der Waals surface area contributed by atoms with Crippen LogP contribution in [0, 0.1) is 23.7 Å². The van der Waals surface area contributed by atoms with Gasteiger partial charge in [0.25, 0.3) is 0 Å². The average molecular weight is 420 g/mol. The standard InChI is InChI=1S/C26H45NO3/c1-30-23-13-11-22(12-14-23)27-18-21(10-7-19-5-3-2-4-6-19)24-17-20(8-15-25(24)27)9-16-26(28)29/h19-25H,2-18H2,1H3,(H,28,29). The molecule has 1 heterocycles. The summed E-state index contributed by atoms with van der Waals surface area (Å²) in [6, 6.07) is 1.53. The van der Waals surface area contributed by atoms with E-state index < -0.39 is 5.97 Å². The van der Waals surface area contributed by atoms with E-state index in [1.54, 1.807) is 0 Å². The molecule has 4 heteroatoms. The van der Waals surface area contributed by atoms with Crippen LogP contribution in [0.5, 0.6) is 0 Å². The van der Waals surface area contributed by atoms with Crippen molar-refractivity contribution in [1.82, 2.24) is 4.90 Å². The van der Waals surface area contributed by atoms with E-state index in [4.69, 9.17) is 9.84 Å². The van der Waals surface area contributed by atoms with E-state index in [0.29, 0.717) is 18.4 Å². The van der Waals surface area contributed by atoms with Gasteiger partial charge in [0.2, 0.25) is 0 Å². The number of hydrogen-bond donors (Lipinski definition) is 1. The van der Waals surface area contributed by atoms with Crippen LogP contribution >= 0.6 is 0 Å². The fourth-order valence-corrected chi connectivity index (χ4v) is 7.59. The molecule has 4 unspecified atom stereocenters. The monoisotopic (exact) mass is 419 g/mol. The number of aliphatic carboxylic acids is 1. The number of carboxylic acids is 1. The van der Waals surface area contributed by atoms with Crippen LogP contribution in [-0.4, -0.2) is 47.8 Å². The number of hydrogen-bond acceptors (Lipinski definition) is 3. The second kappa shape index (κ2) is 10.8. The Balaban J connectivity index is 1.38. The molecule has 3 aliphatic carbocycles. The number of ether oxygens (including phenoxy) is 1. The Morgan fingerprint density at radius 1 is 0.900 bits per heavy atom. The SMILES string of the molecule is COC1CCC(N2CC(CCC3CCCCC3)C3CC(CCC(=O)O)CCC32)CC1. The van der Waals surface area contributed by atoms with Gasteiger partial charge in [0.1, 0.15) is 0 Å². The summed E-state index contributed by atoms with van der Waals surface area (Å²) in [4.78, 5) is 14.0. The van der Waals surface area contributed by atoms with Crippen molar-refractivity contribution in [1.29, 1.82) is 0 Å². The smallest absolute Gasteiger partial charge is 0.303 e. The molecule has 0 spiro atoms. The molecule has 0 radical (unpaired) electrons. The summed E-state index contributed by atoms with van der Waals surface area (Å²) in [6.45, 7) is 1.32. The molecule has 0 bridgehead atoms. The first-order valence-corrected chi connectivity index (χ1v) is 13.1. The lowest BCUT2D eigenvalue weighted by atomic mass is 9.71. The quantitative estimate of drug-likeness (QED) is 0.533. The average Bonchev–Trinajstić information content (AvgIpc) is 3.15. The molecule has 0 aromatic rings. The Morgan fingerprint density at radius 2 is 1.67 bits per heavy atom. The highest BCUT2D eigenvalue weighted by Crippen LogP contribution is 2.47. The number of carboxylic acid groups (broad SMARTS) is 1. The van der Waals surface area contributed by atoms with Gasteiger partial charge >= 0.3 is 5.97 Å². The Bertz CT molecular complexity index is 538. The lowest BCUT2D eigenvalue weighted by molar-refractivity contribution is -0.137. The van der Waals surface area contributed by atoms with Gasteiger partial charge in [0.05, 0.1) is 6.10 Å². The number of nitrogens with zero attached hydrogens (tertiary/aromatic N) is 1. The van der Waals surface area contributed by atoms with E-state index >= 15 is 0 Å². The van der Waals surface area contributed by atoms with E-state index in [2.05, 4.69) is 4.90 Å². The summed E-state index contributed by atoms with van der Waals surface area (Å²) < 4.78 is 5.63. The maximum Gasteiger partial charge on any atom is 0.303 e. The van der Waals surface area contributed by atoms with Gasteiger partial charge in [0.15, 0.2) is 0 Å². The zero-order chi connectivity index (χ0) is 20.9. The fourth-order valence-electron chi connectivity index (χ4n) is 7.59. The predicted octanol–water partition coefficient (Wildman–Crippen LogP) is 5.89. The summed E-state index contributed by atoms with van der Waals surface area (Å²) in [7, 11) is 1.87. The zero-order valence-electron chi connectivity index (χ0n) is 19.3. The molecule has 1 aliphatic heterocycles. The number of carbonyl (C=O) groups is 1. The Hall–Kier alpha value is -0.610. The highest BCUT2D eigenvalue weighted by Gasteiger charge is 2.47. The van der Waals surface area contributed by atoms with Crippen LogP contribution in [0.3, 0.4) is 0 Å². The third-order valence-corrected chi connectivity index (χ3v) is 9.33. The largest absolute Gasteiger partial charge is 0.481 e. The van der Waals surface area contributed by atoms with Gasteiger partial charge in [-0.1, -0.05) is 38.5 Å². The molecule has 0 aromatic heterocycles. The van der Waals surface area contributed by atoms with Crippen LogP contribution < -0.4 is 0 Å². The van der Waals surface area contributed by atoms with Gasteiger partial charge in [-0.3, -0.25) is 9.69 Å². The molecule has 3 saturated carbocycles. The van der Waals surface area contributed by atoms with Crippen LogP contribution in [0.15, 0.2) is 0 Å². The van der Waals surface area contributed by atoms with Crippen molar-refractivity contribution >= 4 is 5.97 Å². The lowest BCUT2D eigenvalue weighted by Crippen LogP contribution is -2.45. The first kappa shape index (κ1) is 22.6. The number of fused-ring (bicyclic) bond motifs is 1. The van der Waals surface area contributed by atoms with Crippen molar-refractivity contribution in [3.05, 3.63) is 0 Å². The minimum Gasteiger partial charge on any atom is -0.481 e. The maximum atomic E-state index is 11.1. The van der Waals surface area contributed by atoms with Gasteiger partial charge in [0, 0.05) is 32.2 Å². The minimum absolute atomic E-state index is 0.361. The van der Waals surface area contributed by atoms with Gasteiger partial charge in [-0.25, -0.2) is 0 Å². The van der Waals surface area contributed by atoms with Crippen LogP contribution in [-0.2, 0) is 9.53 Å². The van der Waals surface area contributed by atoms with E-state index in [-0.39, 0.29) is 0 Å². The molecule has 172 valence electrons. The maximum absolute atomic E-state index is 11.1. The molecule has 0 aromatic carbocycles. The second-order valence-electron chi connectivity index (χ2n) is 11.0. The Labute approximate surface area is 184 Å². The number of likely N-dealkylation sites (tertiary alicyclic amines) is 1. The van der Waals surface area contributed by atoms with Crippen molar-refractivity contribution in [2.45, 2.75) is 121 Å². The molecular weight excluding hydrogens is 374 g/mol. The predicted molar refractivity (Wildman–Crippen MR) is 121 cm³/mol. The minimum atomic E-state index is -0.617. The number of methoxy groups -OCH3 is 1. The summed E-state index contributed by atoms with van der Waals surface area (Å²) in [5.41, 5.74) is 0. The third-order valence-electron chi connectivity index (χ3n) is 9.33. The van der Waals surface area contributed by atoms with Crippen molar-refractivity contribution < 1.29 is 14.6 Å². The normalized spacial score (nSPS) is 38.4. The Kier molecular flexibility index (Phi) is 8.14. The van der Waals surface area contributed by atoms with E-state index in [1.807, 2.05) is 7.11 Å². The molecule has 4 atom stereocenters. The first-order valence-electron chi connectivity index (χ1n) is 13.1. The molecule has 4 fully saturated rings. The molecule has 0 amide bonds. The highest BCUT2D eigenvalue weighted by molar-refractivity contribution is 5.66. The molecule has 1 saturated heterocycles. The fraction of sp³-hybridized carbons (Fsp3) is 0.962. The van der Waals surface area contributed by atoms with E-state index in [0.717, 1.165) is 36.3 Å². The lowest BCUT2D eigenvalue weighted by Gasteiger charge is -2.42. The Morgan fingerprint density at radius 3 is 2.37 bits per heavy atom. The first-order chi connectivity index (χ1) is 14.6. The molecule has 4 rings (SSSR count). The van der Waals surface area contributed by atoms with Gasteiger partial charge < -0.3 is 9.84 Å². The van der Waals surface area contributed by atoms with Crippen LogP contribution in [0.2, 0.25) is 0 Å². The second-order valence-corrected chi connectivity index (χ2v) is 11.0.